The molecular weight excluding hydrogens is 166 g/mol. The minimum atomic E-state index is 1.17. The Bertz CT molecular complexity index is 296. The van der Waals surface area contributed by atoms with Crippen molar-refractivity contribution < 1.29 is 0 Å². The lowest BCUT2D eigenvalue weighted by molar-refractivity contribution is 0.942. The first-order chi connectivity index (χ1) is 5.77. The van der Waals surface area contributed by atoms with E-state index in [2.05, 4.69) is 37.1 Å². The molecule has 0 fully saturated rings. The normalized spacial score (nSPS) is 16.0. The van der Waals surface area contributed by atoms with Crippen molar-refractivity contribution in [2.75, 3.05) is 24.2 Å². The van der Waals surface area contributed by atoms with E-state index >= 15 is 0 Å². The van der Waals surface area contributed by atoms with Crippen molar-refractivity contribution in [2.24, 2.45) is 0 Å². The van der Waals surface area contributed by atoms with Crippen LogP contribution in [0.2, 0.25) is 0 Å². The topological polar surface area (TPSA) is 3.24 Å². The molecule has 1 aromatic carbocycles. The highest BCUT2D eigenvalue weighted by Crippen LogP contribution is 2.34. The zero-order valence-corrected chi connectivity index (χ0v) is 8.32. The van der Waals surface area contributed by atoms with E-state index in [1.165, 1.54) is 28.4 Å². The lowest BCUT2D eigenvalue weighted by atomic mass is 10.2. The number of rotatable bonds is 0. The molecule has 2 rings (SSSR count). The summed E-state index contributed by atoms with van der Waals surface area (Å²) in [5.41, 5.74) is 2.74. The number of fused-ring (bicyclic) bond motifs is 1. The van der Waals surface area contributed by atoms with Gasteiger partial charge in [0.15, 0.2) is 0 Å². The molecule has 1 heterocycles. The Morgan fingerprint density at radius 2 is 2.25 bits per heavy atom. The third-order valence-corrected chi connectivity index (χ3v) is 3.25. The maximum atomic E-state index is 2.33. The van der Waals surface area contributed by atoms with E-state index in [1.807, 2.05) is 11.8 Å². The minimum absolute atomic E-state index is 1.17. The van der Waals surface area contributed by atoms with Crippen LogP contribution in [0.5, 0.6) is 0 Å². The second-order valence-corrected chi connectivity index (χ2v) is 4.38. The number of benzene rings is 1. The average molecular weight is 179 g/mol. The highest BCUT2D eigenvalue weighted by atomic mass is 32.2. The van der Waals surface area contributed by atoms with Crippen molar-refractivity contribution in [1.82, 2.24) is 0 Å². The third kappa shape index (κ3) is 1.31. The highest BCUT2D eigenvalue weighted by molar-refractivity contribution is 7.99. The Kier molecular flexibility index (Phi) is 2.01. The van der Waals surface area contributed by atoms with Crippen molar-refractivity contribution in [2.45, 2.75) is 11.8 Å². The molecule has 0 unspecified atom stereocenters. The number of anilines is 1. The summed E-state index contributed by atoms with van der Waals surface area (Å²) in [5, 5.41) is 0. The van der Waals surface area contributed by atoms with Crippen molar-refractivity contribution in [3.8, 4) is 0 Å². The van der Waals surface area contributed by atoms with Crippen LogP contribution in [0, 0.1) is 6.92 Å². The molecule has 64 valence electrons. The zero-order valence-electron chi connectivity index (χ0n) is 7.50. The molecule has 1 aliphatic rings. The van der Waals surface area contributed by atoms with E-state index in [4.69, 9.17) is 0 Å². The molecule has 0 radical (unpaired) electrons. The van der Waals surface area contributed by atoms with Gasteiger partial charge in [-0.3, -0.25) is 0 Å². The molecule has 0 aliphatic carbocycles. The van der Waals surface area contributed by atoms with Gasteiger partial charge in [0.05, 0.1) is 5.69 Å². The number of thioether (sulfide) groups is 1. The molecule has 1 nitrogen and oxygen atoms in total. The lowest BCUT2D eigenvalue weighted by Crippen LogP contribution is -2.24. The molecule has 0 amide bonds. The number of aryl methyl sites for hydroxylation is 1. The summed E-state index contributed by atoms with van der Waals surface area (Å²) in [5.74, 6) is 1.21. The van der Waals surface area contributed by atoms with Crippen molar-refractivity contribution >= 4 is 17.4 Å². The largest absolute Gasteiger partial charge is 0.373 e. The fourth-order valence-corrected chi connectivity index (χ4v) is 2.57. The number of hydrogen-bond donors (Lipinski definition) is 0. The lowest BCUT2D eigenvalue weighted by Gasteiger charge is -2.27. The van der Waals surface area contributed by atoms with Crippen LogP contribution in [0.1, 0.15) is 5.56 Å². The van der Waals surface area contributed by atoms with E-state index in [-0.39, 0.29) is 0 Å². The molecule has 0 spiro atoms. The van der Waals surface area contributed by atoms with Gasteiger partial charge in [-0.25, -0.2) is 0 Å². The SMILES string of the molecule is Cc1ccc2c(c1)N(C)CCS2. The molecule has 0 aromatic heterocycles. The summed E-state index contributed by atoms with van der Waals surface area (Å²) < 4.78 is 0. The molecule has 0 atom stereocenters. The predicted molar refractivity (Wildman–Crippen MR) is 55.2 cm³/mol. The van der Waals surface area contributed by atoms with Crippen LogP contribution in [0.15, 0.2) is 23.1 Å². The summed E-state index contributed by atoms with van der Waals surface area (Å²) in [6, 6.07) is 6.68. The summed E-state index contributed by atoms with van der Waals surface area (Å²) in [6.07, 6.45) is 0. The van der Waals surface area contributed by atoms with Gasteiger partial charge >= 0.3 is 0 Å². The molecule has 1 aliphatic heterocycles. The standard InChI is InChI=1S/C10H13NS/c1-8-3-4-10-9(7-8)11(2)5-6-12-10/h3-4,7H,5-6H2,1-2H3. The highest BCUT2D eigenvalue weighted by Gasteiger charge is 2.12. The van der Waals surface area contributed by atoms with Crippen LogP contribution in [0.25, 0.3) is 0 Å². The van der Waals surface area contributed by atoms with Crippen LogP contribution in [0.3, 0.4) is 0 Å². The van der Waals surface area contributed by atoms with Crippen molar-refractivity contribution in [3.05, 3.63) is 23.8 Å². The fourth-order valence-electron chi connectivity index (χ4n) is 1.46. The first-order valence-electron chi connectivity index (χ1n) is 4.22. The fraction of sp³-hybridized carbons (Fsp3) is 0.400. The van der Waals surface area contributed by atoms with Crippen LogP contribution < -0.4 is 4.90 Å². The van der Waals surface area contributed by atoms with E-state index in [1.54, 1.807) is 0 Å². The van der Waals surface area contributed by atoms with E-state index in [9.17, 15) is 0 Å². The Morgan fingerprint density at radius 1 is 1.42 bits per heavy atom. The summed E-state index contributed by atoms with van der Waals surface area (Å²) in [6.45, 7) is 3.31. The monoisotopic (exact) mass is 179 g/mol. The van der Waals surface area contributed by atoms with Gasteiger partial charge < -0.3 is 4.90 Å². The van der Waals surface area contributed by atoms with Gasteiger partial charge in [0.2, 0.25) is 0 Å². The van der Waals surface area contributed by atoms with Crippen LogP contribution in [-0.2, 0) is 0 Å². The molecule has 12 heavy (non-hydrogen) atoms. The van der Waals surface area contributed by atoms with Crippen LogP contribution in [-0.4, -0.2) is 19.3 Å². The quantitative estimate of drug-likeness (QED) is 0.602. The van der Waals surface area contributed by atoms with Crippen molar-refractivity contribution in [3.63, 3.8) is 0 Å². The van der Waals surface area contributed by atoms with Crippen molar-refractivity contribution in [1.29, 1.82) is 0 Å². The van der Waals surface area contributed by atoms with Gasteiger partial charge in [-0.2, -0.15) is 0 Å². The molecule has 1 aromatic rings. The summed E-state index contributed by atoms with van der Waals surface area (Å²) in [7, 11) is 2.16. The van der Waals surface area contributed by atoms with Gasteiger partial charge in [-0.05, 0) is 24.6 Å². The summed E-state index contributed by atoms with van der Waals surface area (Å²) >= 11 is 1.96. The first-order valence-corrected chi connectivity index (χ1v) is 5.20. The Balaban J connectivity index is 2.47. The Labute approximate surface area is 77.8 Å². The van der Waals surface area contributed by atoms with Crippen LogP contribution >= 0.6 is 11.8 Å². The molecule has 0 saturated heterocycles. The minimum Gasteiger partial charge on any atom is -0.373 e. The average Bonchev–Trinajstić information content (AvgIpc) is 2.07. The third-order valence-electron chi connectivity index (χ3n) is 2.21. The maximum absolute atomic E-state index is 2.33. The van der Waals surface area contributed by atoms with Gasteiger partial charge in [-0.1, -0.05) is 6.07 Å². The van der Waals surface area contributed by atoms with Crippen LogP contribution in [0.4, 0.5) is 5.69 Å². The molecule has 2 heteroatoms. The van der Waals surface area contributed by atoms with Gasteiger partial charge in [0.1, 0.15) is 0 Å². The van der Waals surface area contributed by atoms with Gasteiger partial charge in [0, 0.05) is 24.2 Å². The van der Waals surface area contributed by atoms with Gasteiger partial charge in [0.25, 0.3) is 0 Å². The summed E-state index contributed by atoms with van der Waals surface area (Å²) in [4.78, 5) is 3.76. The molecular formula is C10H13NS. The molecule has 0 N–H and O–H groups in total. The Morgan fingerprint density at radius 3 is 3.08 bits per heavy atom. The second-order valence-electron chi connectivity index (χ2n) is 3.24. The second kappa shape index (κ2) is 3.02. The Hall–Kier alpha value is -0.630. The molecule has 0 bridgehead atoms. The predicted octanol–water partition coefficient (Wildman–Crippen LogP) is 2.54. The number of hydrogen-bond acceptors (Lipinski definition) is 2. The molecule has 0 saturated carbocycles. The van der Waals surface area contributed by atoms with E-state index < -0.39 is 0 Å². The first kappa shape index (κ1) is 7.99. The number of nitrogens with zero attached hydrogens (tertiary/aromatic N) is 1. The van der Waals surface area contributed by atoms with E-state index in [0.29, 0.717) is 0 Å². The zero-order chi connectivity index (χ0) is 8.55. The van der Waals surface area contributed by atoms with Gasteiger partial charge in [-0.15, -0.1) is 11.8 Å². The maximum Gasteiger partial charge on any atom is 0.0504 e. The van der Waals surface area contributed by atoms with E-state index in [0.717, 1.165) is 0 Å². The smallest absolute Gasteiger partial charge is 0.0504 e.